The van der Waals surface area contributed by atoms with E-state index in [0.717, 1.165) is 12.1 Å². The van der Waals surface area contributed by atoms with Crippen LogP contribution in [0.5, 0.6) is 0 Å². The van der Waals surface area contributed by atoms with Crippen LogP contribution in [0.2, 0.25) is 5.02 Å². The molecule has 0 radical (unpaired) electrons. The molecule has 2 N–H and O–H groups in total. The van der Waals surface area contributed by atoms with Gasteiger partial charge in [0.15, 0.2) is 0 Å². The molecule has 0 aromatic heterocycles. The number of ether oxygens (including phenoxy) is 2. The number of amides is 2. The Morgan fingerprint density at radius 3 is 2.06 bits per heavy atom. The quantitative estimate of drug-likeness (QED) is 0.549. The number of esters is 2. The first-order valence-corrected chi connectivity index (χ1v) is 10.1. The molecule has 2 rings (SSSR count). The van der Waals surface area contributed by atoms with Crippen LogP contribution >= 0.6 is 11.6 Å². The highest BCUT2D eigenvalue weighted by Gasteiger charge is 2.16. The number of nitrogens with one attached hydrogen (secondary N) is 2. The predicted molar refractivity (Wildman–Crippen MR) is 115 cm³/mol. The zero-order chi connectivity index (χ0) is 23.7. The first-order chi connectivity index (χ1) is 15.2. The van der Waals surface area contributed by atoms with Gasteiger partial charge in [0.05, 0.1) is 34.9 Å². The van der Waals surface area contributed by atoms with Crippen LogP contribution < -0.4 is 10.6 Å². The molecule has 0 aliphatic rings. The summed E-state index contributed by atoms with van der Waals surface area (Å²) < 4.78 is 23.0. The van der Waals surface area contributed by atoms with Crippen molar-refractivity contribution in [2.45, 2.75) is 20.3 Å². The summed E-state index contributed by atoms with van der Waals surface area (Å²) in [7, 11) is 0. The summed E-state index contributed by atoms with van der Waals surface area (Å²) >= 11 is 5.84. The molecule has 2 aromatic carbocycles. The Bertz CT molecular complexity index is 991. The standard InChI is InChI=1S/C22H22ClFN2O6/c1-3-31-21(29)13-9-14(22(30)32-4-2)11-16(10-13)26-19(27)7-8-25-20(28)17-6-5-15(24)12-18(17)23/h5-6,9-12H,3-4,7-8H2,1-2H3,(H,25,28)(H,26,27). The van der Waals surface area contributed by atoms with E-state index in [1.54, 1.807) is 13.8 Å². The van der Waals surface area contributed by atoms with E-state index in [1.165, 1.54) is 24.3 Å². The van der Waals surface area contributed by atoms with Crippen LogP contribution in [-0.2, 0) is 14.3 Å². The molecule has 0 atom stereocenters. The number of hydrogen-bond acceptors (Lipinski definition) is 6. The van der Waals surface area contributed by atoms with Crippen molar-refractivity contribution in [2.24, 2.45) is 0 Å². The first kappa shape index (κ1) is 24.8. The maximum absolute atomic E-state index is 13.1. The van der Waals surface area contributed by atoms with Gasteiger partial charge >= 0.3 is 11.9 Å². The molecule has 2 aromatic rings. The molecule has 0 aliphatic heterocycles. The lowest BCUT2D eigenvalue weighted by atomic mass is 10.1. The topological polar surface area (TPSA) is 111 Å². The number of rotatable bonds is 9. The van der Waals surface area contributed by atoms with Crippen molar-refractivity contribution in [1.29, 1.82) is 0 Å². The van der Waals surface area contributed by atoms with Crippen LogP contribution in [0.3, 0.4) is 0 Å². The Hall–Kier alpha value is -3.46. The molecule has 170 valence electrons. The molecular formula is C22H22ClFN2O6. The monoisotopic (exact) mass is 464 g/mol. The van der Waals surface area contributed by atoms with Gasteiger partial charge in [-0.3, -0.25) is 9.59 Å². The van der Waals surface area contributed by atoms with E-state index in [2.05, 4.69) is 10.6 Å². The number of benzene rings is 2. The summed E-state index contributed by atoms with van der Waals surface area (Å²) in [6, 6.07) is 7.42. The van der Waals surface area contributed by atoms with Gasteiger partial charge < -0.3 is 20.1 Å². The van der Waals surface area contributed by atoms with Crippen molar-refractivity contribution in [3.63, 3.8) is 0 Å². The average molecular weight is 465 g/mol. The van der Waals surface area contributed by atoms with Crippen LogP contribution in [0, 0.1) is 5.82 Å². The van der Waals surface area contributed by atoms with Crippen molar-refractivity contribution >= 4 is 41.0 Å². The van der Waals surface area contributed by atoms with Gasteiger partial charge in [-0.15, -0.1) is 0 Å². The third kappa shape index (κ3) is 7.05. The Labute approximate surface area is 189 Å². The van der Waals surface area contributed by atoms with Gasteiger partial charge in [-0.2, -0.15) is 0 Å². The summed E-state index contributed by atoms with van der Waals surface area (Å²) in [5, 5.41) is 5.03. The van der Waals surface area contributed by atoms with E-state index in [-0.39, 0.29) is 53.6 Å². The van der Waals surface area contributed by atoms with Gasteiger partial charge in [0.1, 0.15) is 5.82 Å². The molecule has 0 heterocycles. The second kappa shape index (κ2) is 11.8. The van der Waals surface area contributed by atoms with Gasteiger partial charge in [0, 0.05) is 18.7 Å². The summed E-state index contributed by atoms with van der Waals surface area (Å²) in [6.45, 7) is 3.54. The van der Waals surface area contributed by atoms with Crippen molar-refractivity contribution in [2.75, 3.05) is 25.1 Å². The molecule has 0 saturated heterocycles. The fourth-order valence-electron chi connectivity index (χ4n) is 2.65. The lowest BCUT2D eigenvalue weighted by Crippen LogP contribution is -2.28. The van der Waals surface area contributed by atoms with E-state index >= 15 is 0 Å². The van der Waals surface area contributed by atoms with Crippen molar-refractivity contribution in [1.82, 2.24) is 5.32 Å². The molecule has 32 heavy (non-hydrogen) atoms. The third-order valence-electron chi connectivity index (χ3n) is 4.05. The van der Waals surface area contributed by atoms with Crippen molar-refractivity contribution < 1.29 is 33.0 Å². The molecular weight excluding hydrogens is 443 g/mol. The lowest BCUT2D eigenvalue weighted by Gasteiger charge is -2.11. The average Bonchev–Trinajstić information content (AvgIpc) is 2.73. The minimum atomic E-state index is -0.655. The highest BCUT2D eigenvalue weighted by atomic mass is 35.5. The molecule has 10 heteroatoms. The predicted octanol–water partition coefficient (Wildman–Crippen LogP) is 3.59. The maximum atomic E-state index is 13.1. The number of carbonyl (C=O) groups is 4. The van der Waals surface area contributed by atoms with Gasteiger partial charge in [-0.1, -0.05) is 11.6 Å². The van der Waals surface area contributed by atoms with Crippen molar-refractivity contribution in [3.8, 4) is 0 Å². The zero-order valence-electron chi connectivity index (χ0n) is 17.5. The van der Waals surface area contributed by atoms with Crippen LogP contribution in [0.15, 0.2) is 36.4 Å². The van der Waals surface area contributed by atoms with Gasteiger partial charge in [0.25, 0.3) is 5.91 Å². The molecule has 0 aliphatic carbocycles. The van der Waals surface area contributed by atoms with E-state index in [9.17, 15) is 23.6 Å². The Balaban J connectivity index is 2.03. The molecule has 2 amide bonds. The molecule has 0 saturated carbocycles. The molecule has 0 spiro atoms. The fraction of sp³-hybridized carbons (Fsp3) is 0.273. The molecule has 0 fully saturated rings. The van der Waals surface area contributed by atoms with Crippen LogP contribution in [0.4, 0.5) is 10.1 Å². The summed E-state index contributed by atoms with van der Waals surface area (Å²) in [5.41, 5.74) is 0.421. The van der Waals surface area contributed by atoms with E-state index < -0.39 is 29.6 Å². The SMILES string of the molecule is CCOC(=O)c1cc(NC(=O)CCNC(=O)c2ccc(F)cc2Cl)cc(C(=O)OCC)c1. The summed E-state index contributed by atoms with van der Waals surface area (Å²) in [6.07, 6.45) is -0.108. The number of carbonyl (C=O) groups excluding carboxylic acids is 4. The van der Waals surface area contributed by atoms with Crippen LogP contribution in [-0.4, -0.2) is 43.5 Å². The van der Waals surface area contributed by atoms with Crippen molar-refractivity contribution in [3.05, 3.63) is 63.9 Å². The third-order valence-corrected chi connectivity index (χ3v) is 4.37. The summed E-state index contributed by atoms with van der Waals surface area (Å²) in [5.74, 6) is -2.92. The Morgan fingerprint density at radius 1 is 0.938 bits per heavy atom. The minimum Gasteiger partial charge on any atom is -0.462 e. The van der Waals surface area contributed by atoms with E-state index in [4.69, 9.17) is 21.1 Å². The van der Waals surface area contributed by atoms with Crippen LogP contribution in [0.1, 0.15) is 51.3 Å². The zero-order valence-corrected chi connectivity index (χ0v) is 18.3. The maximum Gasteiger partial charge on any atom is 0.338 e. The Morgan fingerprint density at radius 2 is 1.53 bits per heavy atom. The smallest absolute Gasteiger partial charge is 0.338 e. The van der Waals surface area contributed by atoms with E-state index in [1.807, 2.05) is 0 Å². The largest absolute Gasteiger partial charge is 0.462 e. The normalized spacial score (nSPS) is 10.2. The van der Waals surface area contributed by atoms with Crippen LogP contribution in [0.25, 0.3) is 0 Å². The van der Waals surface area contributed by atoms with Gasteiger partial charge in [-0.25, -0.2) is 14.0 Å². The molecule has 8 nitrogen and oxygen atoms in total. The Kier molecular flexibility index (Phi) is 9.15. The fourth-order valence-corrected chi connectivity index (χ4v) is 2.90. The number of anilines is 1. The minimum absolute atomic E-state index is 0.0271. The summed E-state index contributed by atoms with van der Waals surface area (Å²) in [4.78, 5) is 48.6. The number of hydrogen-bond donors (Lipinski definition) is 2. The van der Waals surface area contributed by atoms with Gasteiger partial charge in [-0.05, 0) is 50.2 Å². The lowest BCUT2D eigenvalue weighted by molar-refractivity contribution is -0.116. The highest BCUT2D eigenvalue weighted by Crippen LogP contribution is 2.18. The second-order valence-corrected chi connectivity index (χ2v) is 6.83. The van der Waals surface area contributed by atoms with E-state index in [0.29, 0.717) is 0 Å². The first-order valence-electron chi connectivity index (χ1n) is 9.77. The highest BCUT2D eigenvalue weighted by molar-refractivity contribution is 6.33. The molecule has 0 bridgehead atoms. The number of halogens is 2. The second-order valence-electron chi connectivity index (χ2n) is 6.42. The molecule has 0 unspecified atom stereocenters. The van der Waals surface area contributed by atoms with Gasteiger partial charge in [0.2, 0.25) is 5.91 Å².